The summed E-state index contributed by atoms with van der Waals surface area (Å²) in [5.74, 6) is 1.50. The summed E-state index contributed by atoms with van der Waals surface area (Å²) in [6.07, 6.45) is 5.24. The maximum atomic E-state index is 12.9. The number of ketones is 2. The average Bonchev–Trinajstić information content (AvgIpc) is 2.95. The summed E-state index contributed by atoms with van der Waals surface area (Å²) < 4.78 is 0. The van der Waals surface area contributed by atoms with E-state index in [2.05, 4.69) is 6.92 Å². The van der Waals surface area contributed by atoms with Crippen LogP contribution in [-0.4, -0.2) is 27.4 Å². The molecule has 0 spiro atoms. The fraction of sp³-hybridized carbons (Fsp3) is 0.583. The van der Waals surface area contributed by atoms with E-state index < -0.39 is 5.60 Å². The second-order valence-electron chi connectivity index (χ2n) is 9.66. The Hall–Kier alpha value is -1.94. The summed E-state index contributed by atoms with van der Waals surface area (Å²) in [5, 5.41) is 21.1. The largest absolute Gasteiger partial charge is 0.508 e. The molecule has 4 aliphatic carbocycles. The number of benzene rings is 1. The van der Waals surface area contributed by atoms with Crippen LogP contribution in [-0.2, 0) is 9.59 Å². The van der Waals surface area contributed by atoms with Gasteiger partial charge < -0.3 is 10.2 Å². The normalized spacial score (nSPS) is 40.1. The number of carbonyl (C=O) groups excluding carboxylic acids is 2. The van der Waals surface area contributed by atoms with Gasteiger partial charge in [-0.3, -0.25) is 9.59 Å². The lowest BCUT2D eigenvalue weighted by atomic mass is 9.51. The van der Waals surface area contributed by atoms with Gasteiger partial charge in [0.15, 0.2) is 0 Å². The van der Waals surface area contributed by atoms with Crippen LogP contribution in [0.25, 0.3) is 0 Å². The molecule has 1 aromatic carbocycles. The number of phenols is 1. The first kappa shape index (κ1) is 18.1. The zero-order valence-corrected chi connectivity index (χ0v) is 16.4. The lowest BCUT2D eigenvalue weighted by Gasteiger charge is -2.53. The Bertz CT molecular complexity index is 882. The van der Waals surface area contributed by atoms with Crippen LogP contribution in [0.15, 0.2) is 35.4 Å². The van der Waals surface area contributed by atoms with E-state index in [0.717, 1.165) is 30.4 Å². The molecule has 5 atom stereocenters. The van der Waals surface area contributed by atoms with E-state index in [1.54, 1.807) is 12.1 Å². The molecule has 0 saturated heterocycles. The van der Waals surface area contributed by atoms with Crippen molar-refractivity contribution in [2.45, 2.75) is 69.8 Å². The van der Waals surface area contributed by atoms with Gasteiger partial charge in [-0.1, -0.05) is 24.6 Å². The predicted molar refractivity (Wildman–Crippen MR) is 105 cm³/mol. The highest BCUT2D eigenvalue weighted by Gasteiger charge is 2.58. The average molecular weight is 380 g/mol. The van der Waals surface area contributed by atoms with E-state index in [-0.39, 0.29) is 29.3 Å². The highest BCUT2D eigenvalue weighted by Crippen LogP contribution is 2.63. The Morgan fingerprint density at radius 1 is 1.04 bits per heavy atom. The predicted octanol–water partition coefficient (Wildman–Crippen LogP) is 4.06. The second-order valence-corrected chi connectivity index (χ2v) is 9.66. The number of hydrogen-bond acceptors (Lipinski definition) is 4. The third-order valence-electron chi connectivity index (χ3n) is 8.24. The number of carbonyl (C=O) groups is 2. The molecule has 4 heteroatoms. The molecule has 3 saturated carbocycles. The molecule has 4 nitrogen and oxygen atoms in total. The van der Waals surface area contributed by atoms with E-state index in [1.165, 1.54) is 5.57 Å². The van der Waals surface area contributed by atoms with Crippen LogP contribution in [0.3, 0.4) is 0 Å². The van der Waals surface area contributed by atoms with Crippen LogP contribution < -0.4 is 0 Å². The van der Waals surface area contributed by atoms with Crippen molar-refractivity contribution in [3.05, 3.63) is 41.0 Å². The molecule has 0 radical (unpaired) electrons. The van der Waals surface area contributed by atoms with E-state index in [4.69, 9.17) is 0 Å². The van der Waals surface area contributed by atoms with Crippen molar-refractivity contribution in [1.29, 1.82) is 0 Å². The van der Waals surface area contributed by atoms with Gasteiger partial charge in [0.2, 0.25) is 0 Å². The molecule has 0 aliphatic heterocycles. The van der Waals surface area contributed by atoms with Gasteiger partial charge in [0.05, 0.1) is 5.60 Å². The molecule has 0 aromatic heterocycles. The molecule has 4 aliphatic rings. The Morgan fingerprint density at radius 3 is 2.54 bits per heavy atom. The van der Waals surface area contributed by atoms with Crippen LogP contribution in [0.1, 0.15) is 69.8 Å². The smallest absolute Gasteiger partial charge is 0.139 e. The topological polar surface area (TPSA) is 74.6 Å². The van der Waals surface area contributed by atoms with Gasteiger partial charge in [0.25, 0.3) is 0 Å². The Balaban J connectivity index is 1.69. The number of fused-ring (bicyclic) bond motifs is 4. The molecule has 148 valence electrons. The fourth-order valence-electron chi connectivity index (χ4n) is 6.88. The molecular weight excluding hydrogens is 352 g/mol. The number of hydrogen-bond donors (Lipinski definition) is 2. The monoisotopic (exact) mass is 380 g/mol. The first-order valence-electron chi connectivity index (χ1n) is 10.6. The minimum atomic E-state index is -0.993. The highest BCUT2D eigenvalue weighted by atomic mass is 16.3. The van der Waals surface area contributed by atoms with E-state index >= 15 is 0 Å². The summed E-state index contributed by atoms with van der Waals surface area (Å²) in [5.41, 5.74) is 2.20. The van der Waals surface area contributed by atoms with Crippen LogP contribution in [0.5, 0.6) is 5.75 Å². The van der Waals surface area contributed by atoms with E-state index in [0.29, 0.717) is 43.3 Å². The molecule has 5 rings (SSSR count). The lowest BCUT2D eigenvalue weighted by molar-refractivity contribution is -0.129. The molecular formula is C24H28O4. The minimum absolute atomic E-state index is 0.0731. The lowest BCUT2D eigenvalue weighted by Crippen LogP contribution is -2.49. The second kappa shape index (κ2) is 6.03. The van der Waals surface area contributed by atoms with Crippen molar-refractivity contribution >= 4 is 11.6 Å². The van der Waals surface area contributed by atoms with Crippen molar-refractivity contribution in [3.63, 3.8) is 0 Å². The summed E-state index contributed by atoms with van der Waals surface area (Å²) >= 11 is 0. The van der Waals surface area contributed by atoms with E-state index in [9.17, 15) is 19.8 Å². The molecule has 0 heterocycles. The Morgan fingerprint density at radius 2 is 1.79 bits per heavy atom. The molecule has 0 bridgehead atoms. The van der Waals surface area contributed by atoms with Gasteiger partial charge in [-0.05, 0) is 67.2 Å². The zero-order valence-electron chi connectivity index (χ0n) is 16.4. The van der Waals surface area contributed by atoms with Crippen molar-refractivity contribution < 1.29 is 19.8 Å². The molecule has 3 fully saturated rings. The number of phenolic OH excluding ortho intramolecular Hbond substituents is 1. The highest BCUT2D eigenvalue weighted by molar-refractivity contribution is 5.88. The summed E-state index contributed by atoms with van der Waals surface area (Å²) in [6.45, 7) is 2.15. The van der Waals surface area contributed by atoms with Crippen molar-refractivity contribution in [1.82, 2.24) is 0 Å². The van der Waals surface area contributed by atoms with Gasteiger partial charge >= 0.3 is 0 Å². The van der Waals surface area contributed by atoms with Crippen LogP contribution in [0.2, 0.25) is 0 Å². The van der Waals surface area contributed by atoms with Crippen molar-refractivity contribution in [2.75, 3.05) is 0 Å². The number of aliphatic hydroxyl groups is 1. The zero-order chi connectivity index (χ0) is 19.7. The van der Waals surface area contributed by atoms with Crippen molar-refractivity contribution in [3.8, 4) is 5.75 Å². The molecule has 2 N–H and O–H groups in total. The SMILES string of the molecule is C[C@]12C[C@H](c3ccc(O)cc3)C3=C4CCC(=O)C[C@]4(O)CC[C@H]3[C@@H]1CCC2=O. The third kappa shape index (κ3) is 2.46. The molecule has 0 unspecified atom stereocenters. The fourth-order valence-corrected chi connectivity index (χ4v) is 6.88. The first-order valence-corrected chi connectivity index (χ1v) is 10.6. The Labute approximate surface area is 165 Å². The summed E-state index contributed by atoms with van der Waals surface area (Å²) in [4.78, 5) is 25.0. The minimum Gasteiger partial charge on any atom is -0.508 e. The summed E-state index contributed by atoms with van der Waals surface area (Å²) in [7, 11) is 0. The maximum Gasteiger partial charge on any atom is 0.139 e. The van der Waals surface area contributed by atoms with E-state index in [1.807, 2.05) is 12.1 Å². The number of rotatable bonds is 1. The quantitative estimate of drug-likeness (QED) is 0.721. The Kier molecular flexibility index (Phi) is 3.90. The molecule has 28 heavy (non-hydrogen) atoms. The van der Waals surface area contributed by atoms with Gasteiger partial charge in [-0.25, -0.2) is 0 Å². The van der Waals surface area contributed by atoms with Gasteiger partial charge in [0.1, 0.15) is 17.3 Å². The van der Waals surface area contributed by atoms with Gasteiger partial charge in [0, 0.05) is 30.6 Å². The number of allylic oxidation sites excluding steroid dienone is 1. The third-order valence-corrected chi connectivity index (χ3v) is 8.24. The van der Waals surface area contributed by atoms with Crippen molar-refractivity contribution in [2.24, 2.45) is 17.3 Å². The van der Waals surface area contributed by atoms with Gasteiger partial charge in [-0.2, -0.15) is 0 Å². The number of aromatic hydroxyl groups is 1. The standard InChI is InChI=1S/C24H28O4/c1-23-13-18(14-2-4-15(25)5-3-14)22-17(19(23)8-9-21(23)27)10-11-24(28)12-16(26)6-7-20(22)24/h2-5,17-19,25,28H,6-13H2,1H3/t17-,18+,19-,23-,24+/m0/s1. The van der Waals surface area contributed by atoms with Crippen LogP contribution in [0, 0.1) is 17.3 Å². The summed E-state index contributed by atoms with van der Waals surface area (Å²) in [6, 6.07) is 7.32. The van der Waals surface area contributed by atoms with Crippen LogP contribution >= 0.6 is 0 Å². The molecule has 1 aromatic rings. The maximum absolute atomic E-state index is 12.9. The van der Waals surface area contributed by atoms with Gasteiger partial charge in [-0.15, -0.1) is 0 Å². The molecule has 0 amide bonds. The van der Waals surface area contributed by atoms with Crippen LogP contribution in [0.4, 0.5) is 0 Å². The number of Topliss-reactive ketones (excluding diaryl/α,β-unsaturated/α-hetero) is 2. The first-order chi connectivity index (χ1) is 13.3.